The minimum atomic E-state index is -0.121. The van der Waals surface area contributed by atoms with E-state index in [0.717, 1.165) is 11.3 Å². The molecule has 0 amide bonds. The maximum atomic E-state index is 5.94. The van der Waals surface area contributed by atoms with Gasteiger partial charge in [0.05, 0.1) is 5.69 Å². The molecule has 76 valence electrons. The summed E-state index contributed by atoms with van der Waals surface area (Å²) in [5, 5.41) is 0.359. The van der Waals surface area contributed by atoms with Crippen molar-refractivity contribution in [2.75, 3.05) is 5.73 Å². The van der Waals surface area contributed by atoms with E-state index >= 15 is 0 Å². The van der Waals surface area contributed by atoms with Crippen LogP contribution in [0.15, 0.2) is 6.58 Å². The van der Waals surface area contributed by atoms with Crippen molar-refractivity contribution in [1.82, 2.24) is 9.97 Å². The summed E-state index contributed by atoms with van der Waals surface area (Å²) in [6, 6.07) is 0. The molecule has 1 aromatic rings. The molecule has 0 unspecified atom stereocenters. The topological polar surface area (TPSA) is 51.8 Å². The third-order valence-corrected chi connectivity index (χ3v) is 2.12. The number of nitrogen functional groups attached to an aromatic ring is 1. The summed E-state index contributed by atoms with van der Waals surface area (Å²) in [6.07, 6.45) is 1.66. The highest BCUT2D eigenvalue weighted by Gasteiger charge is 2.21. The number of anilines is 1. The number of hydrogen-bond donors (Lipinski definition) is 1. The molecule has 1 aromatic heterocycles. The molecule has 1 rings (SSSR count). The first-order valence-electron chi connectivity index (χ1n) is 4.32. The van der Waals surface area contributed by atoms with Gasteiger partial charge >= 0.3 is 0 Å². The highest BCUT2D eigenvalue weighted by atomic mass is 35.5. The second kappa shape index (κ2) is 3.58. The van der Waals surface area contributed by atoms with E-state index in [1.807, 2.05) is 20.8 Å². The van der Waals surface area contributed by atoms with Crippen molar-refractivity contribution in [2.24, 2.45) is 0 Å². The van der Waals surface area contributed by atoms with Gasteiger partial charge in [0.2, 0.25) is 5.95 Å². The van der Waals surface area contributed by atoms with Crippen LogP contribution in [0.25, 0.3) is 6.08 Å². The molecule has 0 saturated carbocycles. The molecule has 2 N–H and O–H groups in total. The molecule has 0 spiro atoms. The summed E-state index contributed by atoms with van der Waals surface area (Å²) >= 11 is 5.94. The van der Waals surface area contributed by atoms with Crippen LogP contribution in [0.4, 0.5) is 5.95 Å². The van der Waals surface area contributed by atoms with E-state index in [-0.39, 0.29) is 11.4 Å². The van der Waals surface area contributed by atoms with Crippen LogP contribution in [0.1, 0.15) is 32.0 Å². The van der Waals surface area contributed by atoms with Gasteiger partial charge in [-0.2, -0.15) is 0 Å². The van der Waals surface area contributed by atoms with Gasteiger partial charge in [0.1, 0.15) is 5.15 Å². The summed E-state index contributed by atoms with van der Waals surface area (Å²) in [4.78, 5) is 8.07. The van der Waals surface area contributed by atoms with Crippen molar-refractivity contribution in [2.45, 2.75) is 26.2 Å². The van der Waals surface area contributed by atoms with Crippen LogP contribution in [-0.4, -0.2) is 9.97 Å². The van der Waals surface area contributed by atoms with Gasteiger partial charge < -0.3 is 5.73 Å². The Bertz CT molecular complexity index is 366. The fraction of sp³-hybridized carbons (Fsp3) is 0.400. The molecule has 14 heavy (non-hydrogen) atoms. The minimum absolute atomic E-state index is 0.121. The number of aromatic nitrogens is 2. The number of rotatable bonds is 1. The molecule has 0 radical (unpaired) electrons. The molecule has 0 aliphatic heterocycles. The van der Waals surface area contributed by atoms with Crippen LogP contribution in [0, 0.1) is 0 Å². The Morgan fingerprint density at radius 3 is 2.36 bits per heavy atom. The third-order valence-electron chi connectivity index (χ3n) is 1.83. The monoisotopic (exact) mass is 211 g/mol. The molecule has 0 bridgehead atoms. The fourth-order valence-electron chi connectivity index (χ4n) is 1.21. The predicted octanol–water partition coefficient (Wildman–Crippen LogP) is 2.65. The smallest absolute Gasteiger partial charge is 0.221 e. The van der Waals surface area contributed by atoms with Crippen LogP contribution < -0.4 is 5.73 Å². The zero-order valence-electron chi connectivity index (χ0n) is 8.63. The first kappa shape index (κ1) is 11.0. The zero-order chi connectivity index (χ0) is 10.9. The number of nitrogens with two attached hydrogens (primary N) is 1. The molecule has 0 fully saturated rings. The van der Waals surface area contributed by atoms with E-state index < -0.39 is 0 Å². The van der Waals surface area contributed by atoms with Gasteiger partial charge in [-0.05, 0) is 0 Å². The van der Waals surface area contributed by atoms with Gasteiger partial charge in [-0.15, -0.1) is 0 Å². The van der Waals surface area contributed by atoms with Crippen LogP contribution in [0.5, 0.6) is 0 Å². The number of hydrogen-bond acceptors (Lipinski definition) is 3. The van der Waals surface area contributed by atoms with Crippen molar-refractivity contribution in [3.8, 4) is 0 Å². The largest absolute Gasteiger partial charge is 0.368 e. The van der Waals surface area contributed by atoms with Gasteiger partial charge in [-0.1, -0.05) is 45.0 Å². The average molecular weight is 212 g/mol. The summed E-state index contributed by atoms with van der Waals surface area (Å²) in [7, 11) is 0. The Hall–Kier alpha value is -1.09. The molecule has 0 atom stereocenters. The standard InChI is InChI=1S/C10H14ClN3/c1-5-6-7(10(2,3)4)13-9(12)14-8(6)11/h5H,1H2,2-4H3,(H2,12,13,14). The molecule has 4 heteroatoms. The lowest BCUT2D eigenvalue weighted by Gasteiger charge is -2.20. The summed E-state index contributed by atoms with van der Waals surface area (Å²) < 4.78 is 0. The molecular weight excluding hydrogens is 198 g/mol. The van der Waals surface area contributed by atoms with Crippen LogP contribution in [0.3, 0.4) is 0 Å². The fourth-order valence-corrected chi connectivity index (χ4v) is 1.46. The first-order valence-corrected chi connectivity index (χ1v) is 4.70. The lowest BCUT2D eigenvalue weighted by atomic mass is 9.89. The lowest BCUT2D eigenvalue weighted by molar-refractivity contribution is 0.567. The summed E-state index contributed by atoms with van der Waals surface area (Å²) in [5.74, 6) is 0.200. The predicted molar refractivity (Wildman–Crippen MR) is 60.2 cm³/mol. The van der Waals surface area contributed by atoms with E-state index in [1.54, 1.807) is 6.08 Å². The number of halogens is 1. The van der Waals surface area contributed by atoms with E-state index in [1.165, 1.54) is 0 Å². The second-order valence-electron chi connectivity index (χ2n) is 4.09. The molecule has 0 aliphatic rings. The van der Waals surface area contributed by atoms with Crippen molar-refractivity contribution in [3.63, 3.8) is 0 Å². The minimum Gasteiger partial charge on any atom is -0.368 e. The van der Waals surface area contributed by atoms with Crippen molar-refractivity contribution >= 4 is 23.6 Å². The molecular formula is C10H14ClN3. The number of nitrogens with zero attached hydrogens (tertiary/aromatic N) is 2. The summed E-state index contributed by atoms with van der Waals surface area (Å²) in [5.41, 5.74) is 7.00. The van der Waals surface area contributed by atoms with E-state index in [0.29, 0.717) is 5.15 Å². The van der Waals surface area contributed by atoms with E-state index in [2.05, 4.69) is 16.5 Å². The Morgan fingerprint density at radius 2 is 1.93 bits per heavy atom. The summed E-state index contributed by atoms with van der Waals surface area (Å²) in [6.45, 7) is 9.81. The van der Waals surface area contributed by atoms with Gasteiger partial charge in [0.15, 0.2) is 0 Å². The van der Waals surface area contributed by atoms with Gasteiger partial charge in [0, 0.05) is 11.0 Å². The van der Waals surface area contributed by atoms with Crippen molar-refractivity contribution in [1.29, 1.82) is 0 Å². The van der Waals surface area contributed by atoms with Crippen LogP contribution in [0.2, 0.25) is 5.15 Å². The molecule has 0 saturated heterocycles. The SMILES string of the molecule is C=Cc1c(Cl)nc(N)nc1C(C)(C)C. The molecule has 0 aromatic carbocycles. The second-order valence-corrected chi connectivity index (χ2v) is 4.45. The van der Waals surface area contributed by atoms with Crippen molar-refractivity contribution < 1.29 is 0 Å². The van der Waals surface area contributed by atoms with Crippen LogP contribution >= 0.6 is 11.6 Å². The zero-order valence-corrected chi connectivity index (χ0v) is 9.39. The highest BCUT2D eigenvalue weighted by Crippen LogP contribution is 2.28. The lowest BCUT2D eigenvalue weighted by Crippen LogP contribution is -2.17. The van der Waals surface area contributed by atoms with E-state index in [9.17, 15) is 0 Å². The molecule has 3 nitrogen and oxygen atoms in total. The van der Waals surface area contributed by atoms with Gasteiger partial charge in [-0.3, -0.25) is 0 Å². The Kier molecular flexibility index (Phi) is 2.81. The maximum absolute atomic E-state index is 5.94. The average Bonchev–Trinajstić information content (AvgIpc) is 2.01. The van der Waals surface area contributed by atoms with Crippen LogP contribution in [-0.2, 0) is 5.41 Å². The quantitative estimate of drug-likeness (QED) is 0.727. The van der Waals surface area contributed by atoms with Gasteiger partial charge in [-0.25, -0.2) is 9.97 Å². The van der Waals surface area contributed by atoms with Gasteiger partial charge in [0.25, 0.3) is 0 Å². The Morgan fingerprint density at radius 1 is 1.36 bits per heavy atom. The molecule has 0 aliphatic carbocycles. The van der Waals surface area contributed by atoms with E-state index in [4.69, 9.17) is 17.3 Å². The first-order chi connectivity index (χ1) is 6.36. The normalized spacial score (nSPS) is 11.4. The highest BCUT2D eigenvalue weighted by molar-refractivity contribution is 6.31. The maximum Gasteiger partial charge on any atom is 0.221 e. The Balaban J connectivity index is 3.48. The third kappa shape index (κ3) is 2.04. The van der Waals surface area contributed by atoms with Crippen molar-refractivity contribution in [3.05, 3.63) is 23.0 Å². The molecule has 1 heterocycles. The Labute approximate surface area is 89.0 Å².